The van der Waals surface area contributed by atoms with E-state index in [2.05, 4.69) is 40.7 Å². The zero-order chi connectivity index (χ0) is 61.8. The smallest absolute Gasteiger partial charge is 0.410 e. The van der Waals surface area contributed by atoms with Crippen molar-refractivity contribution in [1.82, 2.24) is 15.5 Å². The van der Waals surface area contributed by atoms with Crippen LogP contribution in [0.3, 0.4) is 0 Å². The van der Waals surface area contributed by atoms with Crippen molar-refractivity contribution < 1.29 is 82.2 Å². The lowest BCUT2D eigenvalue weighted by molar-refractivity contribution is -0.297. The number of aliphatic hydroxyl groups is 5. The Bertz CT molecular complexity index is 2980. The molecule has 466 valence electrons. The minimum absolute atomic E-state index is 0.00274. The highest BCUT2D eigenvalue weighted by Crippen LogP contribution is 2.38. The van der Waals surface area contributed by atoms with Crippen LogP contribution in [0.15, 0.2) is 137 Å². The molecule has 4 aliphatic rings. The molecule has 7 N–H and O–H groups in total. The van der Waals surface area contributed by atoms with Gasteiger partial charge in [-0.05, 0) is 58.5 Å². The third-order valence-corrected chi connectivity index (χ3v) is 15.5. The normalized spacial score (nSPS) is 30.3. The quantitative estimate of drug-likeness (QED) is 0.0171. The summed E-state index contributed by atoms with van der Waals surface area (Å²) < 4.78 is 65.9. The van der Waals surface area contributed by atoms with E-state index in [1.165, 1.54) is 4.90 Å². The predicted molar refractivity (Wildman–Crippen MR) is 304 cm³/mol. The van der Waals surface area contributed by atoms with E-state index in [1.807, 2.05) is 60.7 Å². The second-order valence-electron chi connectivity index (χ2n) is 21.5. The Morgan fingerprint density at radius 1 is 0.690 bits per heavy atom. The molecule has 19 atom stereocenters. The lowest BCUT2D eigenvalue weighted by atomic mass is 9.79. The molecule has 0 spiro atoms. The number of ether oxygens (including phenoxy) is 8. The molecule has 4 fully saturated rings. The Morgan fingerprint density at radius 3 is 1.94 bits per heavy atom. The van der Waals surface area contributed by atoms with Crippen molar-refractivity contribution in [1.29, 1.82) is 0 Å². The number of benzene rings is 4. The molecule has 1 aliphatic carbocycles. The van der Waals surface area contributed by atoms with Crippen molar-refractivity contribution >= 4 is 17.8 Å². The van der Waals surface area contributed by atoms with Crippen LogP contribution in [0.4, 0.5) is 9.18 Å². The molecule has 87 heavy (non-hydrogen) atoms. The van der Waals surface area contributed by atoms with Gasteiger partial charge in [0, 0.05) is 26.8 Å². The van der Waals surface area contributed by atoms with Crippen LogP contribution in [0.1, 0.15) is 53.2 Å². The van der Waals surface area contributed by atoms with E-state index in [4.69, 9.17) is 49.0 Å². The number of carbonyl (C=O) groups excluding carboxylic acids is 3. The summed E-state index contributed by atoms with van der Waals surface area (Å²) in [7, 11) is 0. The van der Waals surface area contributed by atoms with E-state index in [9.17, 15) is 45.4 Å². The monoisotopic (exact) mass is 1210 g/mol. The van der Waals surface area contributed by atoms with Crippen LogP contribution < -0.4 is 10.6 Å². The summed E-state index contributed by atoms with van der Waals surface area (Å²) in [5, 5.41) is 73.4. The fourth-order valence-electron chi connectivity index (χ4n) is 10.9. The maximum atomic E-state index is 15.9. The molecule has 0 bridgehead atoms. The largest absolute Gasteiger partial charge is 0.445 e. The Kier molecular flexibility index (Phi) is 24.6. The number of nitrogens with one attached hydrogen (secondary N) is 2. The number of aliphatic hydroxyl groups excluding tert-OH is 5. The number of azide groups is 3. The molecule has 1 saturated carbocycles. The molecule has 4 aromatic rings. The third-order valence-electron chi connectivity index (χ3n) is 15.5. The minimum atomic E-state index is -2.16. The van der Waals surface area contributed by atoms with Gasteiger partial charge in [-0.25, -0.2) is 9.18 Å². The van der Waals surface area contributed by atoms with Crippen LogP contribution in [0, 0.1) is 5.92 Å². The van der Waals surface area contributed by atoms with Gasteiger partial charge in [0.1, 0.15) is 55.4 Å². The first-order valence-electron chi connectivity index (χ1n) is 28.4. The van der Waals surface area contributed by atoms with E-state index in [0.717, 1.165) is 11.1 Å². The van der Waals surface area contributed by atoms with Gasteiger partial charge in [-0.3, -0.25) is 9.59 Å². The van der Waals surface area contributed by atoms with Crippen LogP contribution in [0.2, 0.25) is 0 Å². The van der Waals surface area contributed by atoms with Crippen molar-refractivity contribution in [2.45, 2.75) is 156 Å². The van der Waals surface area contributed by atoms with Crippen molar-refractivity contribution in [3.8, 4) is 0 Å². The van der Waals surface area contributed by atoms with Gasteiger partial charge in [0.15, 0.2) is 30.8 Å². The minimum Gasteiger partial charge on any atom is -0.445 e. The van der Waals surface area contributed by atoms with E-state index in [1.54, 1.807) is 67.6 Å². The molecule has 3 heterocycles. The SMILES string of the molecule is C[C@H]1C[C@@H](NC(=O)[C@@H](OCc2ccccc2)[C@H](F)CN=[N+]=[N-])[C@H](O)[C@@H](O[C@@H]2O[C@H](CO)[C@@H](O[C@H]3O[C@@H](CN=[N+]=[N-])[C@@H](O)[C@H](O)[C@H]3N=[N+]=[N-])[C@H]2O)[C@@H]1O[C@H]1O[C@H](CN(Cc2ccccc2)C(=O)OCc2ccccc2)CC[C@H]1NCC(=O)c1ccccc1. The van der Waals surface area contributed by atoms with E-state index in [-0.39, 0.29) is 45.1 Å². The van der Waals surface area contributed by atoms with Crippen LogP contribution >= 0.6 is 0 Å². The number of amides is 2. The highest BCUT2D eigenvalue weighted by atomic mass is 19.1. The molecule has 28 nitrogen and oxygen atoms in total. The summed E-state index contributed by atoms with van der Waals surface area (Å²) >= 11 is 0. The highest BCUT2D eigenvalue weighted by Gasteiger charge is 2.55. The predicted octanol–water partition coefficient (Wildman–Crippen LogP) is 4.96. The van der Waals surface area contributed by atoms with Gasteiger partial charge in [0.2, 0.25) is 0 Å². The molecule has 0 aromatic heterocycles. The summed E-state index contributed by atoms with van der Waals surface area (Å²) in [4.78, 5) is 51.5. The molecule has 29 heteroatoms. The topological polar surface area (TPSA) is 400 Å². The Labute approximate surface area is 499 Å². The van der Waals surface area contributed by atoms with Crippen LogP contribution in [0.25, 0.3) is 31.3 Å². The molecule has 3 saturated heterocycles. The average Bonchev–Trinajstić information content (AvgIpc) is 2.06. The van der Waals surface area contributed by atoms with Crippen molar-refractivity contribution in [2.75, 3.05) is 32.8 Å². The number of carbonyl (C=O) groups is 3. The molecule has 0 radical (unpaired) electrons. The standard InChI is InChI=1S/C58H71FN12O16/c1-33-24-41(66-54(78)51(39(59)25-64-68-60)80-31-35-16-8-3-9-17-35)46(74)53(87-57-49(77)52(44(30-72)84-57)86-56-45(67-70-62)48(76)47(75)43(83-56)27-65-69-61)50(33)85-55-40(63-26-42(73)37-20-12-5-13-21-37)23-22-38(82-55)29-71(28-34-14-6-2-7-15-34)58(79)81-32-36-18-10-4-11-19-36/h2-21,33,38-41,43-53,55-57,63,72,74-77H,22-32H2,1H3,(H,66,78)/t33-,38-,39+,40+,41+,43-,44+,45+,46-,47+,48+,49+,50+,51-,52+,53+,55+,56+,57-/m0/s1. The third kappa shape index (κ3) is 17.7. The first-order valence-corrected chi connectivity index (χ1v) is 28.4. The number of rotatable bonds is 28. The first-order chi connectivity index (χ1) is 42.2. The second kappa shape index (κ2) is 32.6. The molecule has 2 amide bonds. The van der Waals surface area contributed by atoms with Gasteiger partial charge in [0.25, 0.3) is 5.91 Å². The van der Waals surface area contributed by atoms with E-state index >= 15 is 4.39 Å². The summed E-state index contributed by atoms with van der Waals surface area (Å²) in [6, 6.07) is 31.9. The average molecular weight is 1210 g/mol. The molecule has 3 aliphatic heterocycles. The van der Waals surface area contributed by atoms with E-state index < -0.39 is 148 Å². The fraction of sp³-hybridized carbons (Fsp3) is 0.534. The summed E-state index contributed by atoms with van der Waals surface area (Å²) in [6.45, 7) is -0.719. The highest BCUT2D eigenvalue weighted by molar-refractivity contribution is 5.97. The van der Waals surface area contributed by atoms with Crippen LogP contribution in [-0.4, -0.2) is 191 Å². The Hall–Kier alpha value is -7.37. The number of alkyl halides is 1. The number of nitrogens with zero attached hydrogens (tertiary/aromatic N) is 10. The first kappa shape index (κ1) is 65.6. The molecular weight excluding hydrogens is 1140 g/mol. The number of hydrogen-bond acceptors (Lipinski definition) is 20. The van der Waals surface area contributed by atoms with Crippen molar-refractivity contribution in [3.63, 3.8) is 0 Å². The fourth-order valence-corrected chi connectivity index (χ4v) is 10.9. The zero-order valence-electron chi connectivity index (χ0n) is 47.4. The number of halogens is 1. The summed E-state index contributed by atoms with van der Waals surface area (Å²) in [6.07, 6.45) is -24.4. The maximum absolute atomic E-state index is 15.9. The molecular formula is C58H71FN12O16. The van der Waals surface area contributed by atoms with Crippen molar-refractivity contribution in [2.24, 2.45) is 21.3 Å². The van der Waals surface area contributed by atoms with E-state index in [0.29, 0.717) is 24.0 Å². The van der Waals surface area contributed by atoms with Gasteiger partial charge in [-0.1, -0.05) is 144 Å². The lowest BCUT2D eigenvalue weighted by Gasteiger charge is -2.47. The number of hydrogen-bond donors (Lipinski definition) is 7. The maximum Gasteiger partial charge on any atom is 0.410 e. The van der Waals surface area contributed by atoms with Gasteiger partial charge >= 0.3 is 6.09 Å². The number of Topliss-reactive ketones (excluding diaryl/α,β-unsaturated/α-hetero) is 1. The summed E-state index contributed by atoms with van der Waals surface area (Å²) in [5.41, 5.74) is 30.0. The van der Waals surface area contributed by atoms with Crippen LogP contribution in [0.5, 0.6) is 0 Å². The van der Waals surface area contributed by atoms with Crippen LogP contribution in [-0.2, 0) is 62.4 Å². The lowest BCUT2D eigenvalue weighted by Crippen LogP contribution is -2.64. The summed E-state index contributed by atoms with van der Waals surface area (Å²) in [5.74, 6) is -2.04. The van der Waals surface area contributed by atoms with Gasteiger partial charge in [-0.2, -0.15) is 0 Å². The number of ketones is 1. The molecule has 8 rings (SSSR count). The Morgan fingerprint density at radius 2 is 1.30 bits per heavy atom. The zero-order valence-corrected chi connectivity index (χ0v) is 47.4. The molecule has 0 unspecified atom stereocenters. The van der Waals surface area contributed by atoms with Gasteiger partial charge < -0.3 is 79.0 Å². The van der Waals surface area contributed by atoms with Crippen molar-refractivity contribution in [3.05, 3.63) is 175 Å². The van der Waals surface area contributed by atoms with Gasteiger partial charge in [0.05, 0.1) is 75.9 Å². The Balaban J connectivity index is 1.10. The molecule has 4 aromatic carbocycles. The second-order valence-corrected chi connectivity index (χ2v) is 21.5. The van der Waals surface area contributed by atoms with Gasteiger partial charge in [-0.15, -0.1) is 0 Å².